The molecule has 1 N–H and O–H groups in total. The van der Waals surface area contributed by atoms with Gasteiger partial charge in [-0.3, -0.25) is 9.59 Å². The van der Waals surface area contributed by atoms with Crippen molar-refractivity contribution in [3.05, 3.63) is 20.8 Å². The molecule has 3 rings (SSSR count). The van der Waals surface area contributed by atoms with Gasteiger partial charge in [-0.2, -0.15) is 0 Å². The maximum absolute atomic E-state index is 12.7. The van der Waals surface area contributed by atoms with Crippen LogP contribution in [0.25, 0.3) is 10.2 Å². The van der Waals surface area contributed by atoms with Crippen molar-refractivity contribution >= 4 is 39.2 Å². The zero-order chi connectivity index (χ0) is 19.6. The normalized spacial score (nSPS) is 18.8. The molecule has 2 aromatic rings. The summed E-state index contributed by atoms with van der Waals surface area (Å²) >= 11 is 2.92. The van der Waals surface area contributed by atoms with Gasteiger partial charge in [-0.25, -0.2) is 4.98 Å². The molecule has 2 atom stereocenters. The summed E-state index contributed by atoms with van der Waals surface area (Å²) in [5.41, 5.74) is 1.05. The summed E-state index contributed by atoms with van der Waals surface area (Å²) in [6.45, 7) is 10.3. The van der Waals surface area contributed by atoms with Gasteiger partial charge in [0.05, 0.1) is 11.1 Å². The fourth-order valence-corrected chi connectivity index (χ4v) is 5.47. The summed E-state index contributed by atoms with van der Waals surface area (Å²) in [5.74, 6) is 1.57. The third-order valence-electron chi connectivity index (χ3n) is 5.43. The minimum Gasteiger partial charge on any atom is -0.342 e. The van der Waals surface area contributed by atoms with E-state index in [9.17, 15) is 9.59 Å². The van der Waals surface area contributed by atoms with Crippen molar-refractivity contribution < 1.29 is 4.79 Å². The zero-order valence-electron chi connectivity index (χ0n) is 16.6. The van der Waals surface area contributed by atoms with Gasteiger partial charge >= 0.3 is 0 Å². The number of nitrogens with zero attached hydrogens (tertiary/aromatic N) is 2. The second-order valence-electron chi connectivity index (χ2n) is 7.78. The van der Waals surface area contributed by atoms with Gasteiger partial charge in [-0.1, -0.05) is 39.0 Å². The number of aromatic amines is 1. The summed E-state index contributed by atoms with van der Waals surface area (Å²) in [5, 5.41) is 1.28. The number of likely N-dealkylation sites (tertiary alicyclic amines) is 1. The highest BCUT2D eigenvalue weighted by Crippen LogP contribution is 2.30. The number of carbonyl (C=O) groups excluding carboxylic acids is 1. The Bertz CT molecular complexity index is 874. The van der Waals surface area contributed by atoms with Crippen LogP contribution in [0.15, 0.2) is 9.95 Å². The first-order chi connectivity index (χ1) is 12.9. The Hall–Kier alpha value is -1.34. The van der Waals surface area contributed by atoms with Crippen molar-refractivity contribution in [1.29, 1.82) is 0 Å². The van der Waals surface area contributed by atoms with E-state index in [4.69, 9.17) is 0 Å². The molecule has 0 unspecified atom stereocenters. The Balaban J connectivity index is 1.75. The first-order valence-corrected chi connectivity index (χ1v) is 11.6. The number of hydrogen-bond acceptors (Lipinski definition) is 5. The van der Waals surface area contributed by atoms with Gasteiger partial charge in [0.25, 0.3) is 5.56 Å². The number of H-pyrrole nitrogens is 1. The van der Waals surface area contributed by atoms with Gasteiger partial charge in [0.2, 0.25) is 5.91 Å². The van der Waals surface area contributed by atoms with Crippen LogP contribution in [0.1, 0.15) is 50.5 Å². The number of rotatable bonds is 6. The number of thiophene rings is 1. The highest BCUT2D eigenvalue weighted by Gasteiger charge is 2.22. The second-order valence-corrected chi connectivity index (χ2v) is 9.95. The van der Waals surface area contributed by atoms with Crippen LogP contribution in [-0.2, 0) is 11.2 Å². The van der Waals surface area contributed by atoms with E-state index in [0.717, 1.165) is 48.1 Å². The van der Waals surface area contributed by atoms with Crippen LogP contribution in [0, 0.1) is 18.8 Å². The standard InChI is InChI=1S/C20H29N3O2S2/c1-5-12(2)9-15-14(4)27-19-17(15)18(25)21-20(22-19)26-11-16(24)23-8-6-7-13(3)10-23/h12-13H,5-11H2,1-4H3,(H,21,22,25)/t12-,13-/m1/s1. The topological polar surface area (TPSA) is 66.1 Å². The number of piperidine rings is 1. The molecule has 0 spiro atoms. The van der Waals surface area contributed by atoms with Crippen molar-refractivity contribution in [3.63, 3.8) is 0 Å². The first-order valence-electron chi connectivity index (χ1n) is 9.81. The molecule has 0 bridgehead atoms. The summed E-state index contributed by atoms with van der Waals surface area (Å²) in [6, 6.07) is 0. The molecule has 3 heterocycles. The van der Waals surface area contributed by atoms with E-state index in [1.807, 2.05) is 4.90 Å². The van der Waals surface area contributed by atoms with Crippen LogP contribution < -0.4 is 5.56 Å². The lowest BCUT2D eigenvalue weighted by atomic mass is 9.98. The lowest BCUT2D eigenvalue weighted by molar-refractivity contribution is -0.130. The van der Waals surface area contributed by atoms with E-state index in [1.54, 1.807) is 11.3 Å². The van der Waals surface area contributed by atoms with Crippen molar-refractivity contribution in [2.75, 3.05) is 18.8 Å². The summed E-state index contributed by atoms with van der Waals surface area (Å²) in [7, 11) is 0. The largest absolute Gasteiger partial charge is 0.342 e. The zero-order valence-corrected chi connectivity index (χ0v) is 18.3. The van der Waals surface area contributed by atoms with Gasteiger partial charge in [-0.15, -0.1) is 11.3 Å². The Morgan fingerprint density at radius 3 is 2.96 bits per heavy atom. The monoisotopic (exact) mass is 407 g/mol. The van der Waals surface area contributed by atoms with E-state index >= 15 is 0 Å². The molecule has 1 aliphatic rings. The first kappa shape index (κ1) is 20.4. The molecule has 0 saturated carbocycles. The molecule has 148 valence electrons. The maximum Gasteiger partial charge on any atom is 0.260 e. The van der Waals surface area contributed by atoms with Crippen molar-refractivity contribution in [2.45, 2.75) is 58.5 Å². The Morgan fingerprint density at radius 1 is 1.48 bits per heavy atom. The van der Waals surface area contributed by atoms with E-state index in [0.29, 0.717) is 22.7 Å². The number of carbonyl (C=O) groups is 1. The minimum absolute atomic E-state index is 0.0794. The number of nitrogens with one attached hydrogen (secondary N) is 1. The Labute approximate surface area is 169 Å². The smallest absolute Gasteiger partial charge is 0.260 e. The Kier molecular flexibility index (Phi) is 6.63. The molecule has 27 heavy (non-hydrogen) atoms. The molecule has 0 radical (unpaired) electrons. The molecule has 0 aromatic carbocycles. The second kappa shape index (κ2) is 8.78. The van der Waals surface area contributed by atoms with Crippen molar-refractivity contribution in [1.82, 2.24) is 14.9 Å². The van der Waals surface area contributed by atoms with Gasteiger partial charge in [0, 0.05) is 18.0 Å². The number of aryl methyl sites for hydroxylation is 1. The molecule has 5 nitrogen and oxygen atoms in total. The Morgan fingerprint density at radius 2 is 2.26 bits per heavy atom. The van der Waals surface area contributed by atoms with E-state index in [-0.39, 0.29) is 11.5 Å². The number of fused-ring (bicyclic) bond motifs is 1. The SMILES string of the molecule is CC[C@@H](C)Cc1c(C)sc2nc(SCC(=O)N3CCC[C@@H](C)C3)[nH]c(=O)c12. The molecule has 1 amide bonds. The third kappa shape index (κ3) is 4.74. The van der Waals surface area contributed by atoms with E-state index < -0.39 is 0 Å². The number of hydrogen-bond donors (Lipinski definition) is 1. The summed E-state index contributed by atoms with van der Waals surface area (Å²) in [4.78, 5) is 36.6. The summed E-state index contributed by atoms with van der Waals surface area (Å²) in [6.07, 6.45) is 4.27. The van der Waals surface area contributed by atoms with Crippen LogP contribution >= 0.6 is 23.1 Å². The highest BCUT2D eigenvalue weighted by molar-refractivity contribution is 7.99. The number of thioether (sulfide) groups is 1. The van der Waals surface area contributed by atoms with Crippen LogP contribution in [0.4, 0.5) is 0 Å². The quantitative estimate of drug-likeness (QED) is 0.575. The van der Waals surface area contributed by atoms with Gasteiger partial charge < -0.3 is 9.88 Å². The summed E-state index contributed by atoms with van der Waals surface area (Å²) < 4.78 is 0. The minimum atomic E-state index is -0.0794. The molecule has 1 saturated heterocycles. The molecular formula is C20H29N3O2S2. The van der Waals surface area contributed by atoms with Crippen LogP contribution in [0.3, 0.4) is 0 Å². The molecular weight excluding hydrogens is 378 g/mol. The van der Waals surface area contributed by atoms with E-state index in [2.05, 4.69) is 37.7 Å². The highest BCUT2D eigenvalue weighted by atomic mass is 32.2. The van der Waals surface area contributed by atoms with Crippen LogP contribution in [-0.4, -0.2) is 39.6 Å². The van der Waals surface area contributed by atoms with Gasteiger partial charge in [0.1, 0.15) is 4.83 Å². The molecule has 7 heteroatoms. The molecule has 2 aromatic heterocycles. The predicted octanol–water partition coefficient (Wildman–Crippen LogP) is 4.23. The fourth-order valence-electron chi connectivity index (χ4n) is 3.60. The van der Waals surface area contributed by atoms with Gasteiger partial charge in [0.15, 0.2) is 5.16 Å². The lowest BCUT2D eigenvalue weighted by Crippen LogP contribution is -2.40. The average Bonchev–Trinajstić information content (AvgIpc) is 2.95. The molecule has 0 aliphatic carbocycles. The lowest BCUT2D eigenvalue weighted by Gasteiger charge is -2.30. The van der Waals surface area contributed by atoms with Gasteiger partial charge in [-0.05, 0) is 43.6 Å². The third-order valence-corrected chi connectivity index (χ3v) is 7.33. The molecule has 1 aliphatic heterocycles. The predicted molar refractivity (Wildman–Crippen MR) is 114 cm³/mol. The number of amides is 1. The van der Waals surface area contributed by atoms with Crippen LogP contribution in [0.2, 0.25) is 0 Å². The van der Waals surface area contributed by atoms with Crippen molar-refractivity contribution in [3.8, 4) is 0 Å². The average molecular weight is 408 g/mol. The van der Waals surface area contributed by atoms with Crippen LogP contribution in [0.5, 0.6) is 0 Å². The maximum atomic E-state index is 12.7. The number of aromatic nitrogens is 2. The molecule has 1 fully saturated rings. The fraction of sp³-hybridized carbons (Fsp3) is 0.650. The van der Waals surface area contributed by atoms with Crippen molar-refractivity contribution in [2.24, 2.45) is 11.8 Å². The van der Waals surface area contributed by atoms with E-state index in [1.165, 1.54) is 23.1 Å².